The summed E-state index contributed by atoms with van der Waals surface area (Å²) in [5, 5.41) is 11.0. The average Bonchev–Trinajstić information content (AvgIpc) is 3.19. The lowest BCUT2D eigenvalue weighted by Crippen LogP contribution is -2.66. The molecular weight excluding hydrogens is 470 g/mol. The van der Waals surface area contributed by atoms with Gasteiger partial charge in [0.2, 0.25) is 11.7 Å². The number of amides is 1. The third-order valence-corrected chi connectivity index (χ3v) is 7.26. The zero-order chi connectivity index (χ0) is 24.6. The summed E-state index contributed by atoms with van der Waals surface area (Å²) < 4.78 is 40.2. The summed E-state index contributed by atoms with van der Waals surface area (Å²) in [6, 6.07) is 6.70. The van der Waals surface area contributed by atoms with Crippen molar-refractivity contribution in [3.05, 3.63) is 59.5 Å². The number of carbonyl (C=O) groups excluding carboxylic acids is 1. The van der Waals surface area contributed by atoms with Gasteiger partial charge in [-0.1, -0.05) is 5.16 Å². The Morgan fingerprint density at radius 1 is 1.25 bits per heavy atom. The molecule has 1 aliphatic carbocycles. The molecule has 5 heterocycles. The molecule has 1 N–H and O–H groups in total. The van der Waals surface area contributed by atoms with Gasteiger partial charge in [0.25, 0.3) is 5.91 Å². The summed E-state index contributed by atoms with van der Waals surface area (Å²) in [4.78, 5) is 19.7. The number of carbonyl (C=O) groups is 1. The van der Waals surface area contributed by atoms with E-state index in [0.717, 1.165) is 32.0 Å². The van der Waals surface area contributed by atoms with Crippen LogP contribution in [0.4, 0.5) is 20.2 Å². The minimum absolute atomic E-state index is 0.0157. The highest BCUT2D eigenvalue weighted by atomic mass is 19.1. The van der Waals surface area contributed by atoms with Crippen LogP contribution in [-0.2, 0) is 4.74 Å². The molecule has 2 aliphatic heterocycles. The van der Waals surface area contributed by atoms with Crippen LogP contribution >= 0.6 is 0 Å². The van der Waals surface area contributed by atoms with Gasteiger partial charge in [-0.05, 0) is 43.2 Å². The largest absolute Gasteiger partial charge is 0.380 e. The Morgan fingerprint density at radius 2 is 2.06 bits per heavy atom. The number of aromatic nitrogens is 4. The predicted molar refractivity (Wildman–Crippen MR) is 125 cm³/mol. The molecule has 3 fully saturated rings. The van der Waals surface area contributed by atoms with Gasteiger partial charge >= 0.3 is 0 Å². The predicted octanol–water partition coefficient (Wildman–Crippen LogP) is 3.75. The zero-order valence-corrected chi connectivity index (χ0v) is 19.4. The number of alkyl halides is 1. The number of pyridine rings is 1. The average molecular weight is 492 g/mol. The van der Waals surface area contributed by atoms with E-state index in [9.17, 15) is 13.6 Å². The van der Waals surface area contributed by atoms with Gasteiger partial charge in [0.1, 0.15) is 12.0 Å². The van der Waals surface area contributed by atoms with Crippen molar-refractivity contribution in [2.24, 2.45) is 5.41 Å². The monoisotopic (exact) mass is 492 g/mol. The minimum atomic E-state index is -1.00. The van der Waals surface area contributed by atoms with Gasteiger partial charge in [0, 0.05) is 30.7 Å². The van der Waals surface area contributed by atoms with Gasteiger partial charge in [0.05, 0.1) is 47.4 Å². The summed E-state index contributed by atoms with van der Waals surface area (Å²) >= 11 is 0. The van der Waals surface area contributed by atoms with Gasteiger partial charge in [-0.2, -0.15) is 10.1 Å². The van der Waals surface area contributed by atoms with Crippen LogP contribution in [0.1, 0.15) is 34.2 Å². The maximum absolute atomic E-state index is 14.7. The van der Waals surface area contributed by atoms with E-state index in [1.807, 2.05) is 18.3 Å². The van der Waals surface area contributed by atoms with Crippen LogP contribution in [0.3, 0.4) is 0 Å². The second-order valence-electron chi connectivity index (χ2n) is 10.0. The fourth-order valence-corrected chi connectivity index (χ4v) is 4.94. The van der Waals surface area contributed by atoms with Crippen molar-refractivity contribution in [2.75, 3.05) is 36.5 Å². The Morgan fingerprint density at radius 3 is 2.78 bits per heavy atom. The number of halogens is 2. The van der Waals surface area contributed by atoms with E-state index >= 15 is 0 Å². The number of hydrogen-bond acceptors (Lipinski definition) is 7. The highest BCUT2D eigenvalue weighted by Crippen LogP contribution is 2.43. The van der Waals surface area contributed by atoms with E-state index in [-0.39, 0.29) is 28.6 Å². The molecule has 0 bridgehead atoms. The number of hydrogen-bond donors (Lipinski definition) is 1. The molecular formula is C25H22F2N6O3. The van der Waals surface area contributed by atoms with E-state index in [2.05, 4.69) is 25.5 Å². The smallest absolute Gasteiger partial charge is 0.259 e. The number of nitrogens with one attached hydrogen (secondary N) is 1. The van der Waals surface area contributed by atoms with E-state index in [1.54, 1.807) is 11.4 Å². The molecule has 3 aromatic heterocycles. The molecule has 2 atom stereocenters. The molecule has 11 heteroatoms. The molecule has 1 aromatic carbocycles. The molecule has 1 saturated carbocycles. The number of fused-ring (bicyclic) bond motifs is 1. The fraction of sp³-hybridized carbons (Fsp3) is 0.360. The zero-order valence-electron chi connectivity index (χ0n) is 19.4. The molecule has 9 nitrogen and oxygen atoms in total. The Kier molecular flexibility index (Phi) is 4.50. The second-order valence-corrected chi connectivity index (χ2v) is 10.0. The number of benzene rings is 1. The normalized spacial score (nSPS) is 21.9. The van der Waals surface area contributed by atoms with Crippen LogP contribution in [-0.4, -0.2) is 58.1 Å². The number of aryl methyl sites for hydroxylation is 1. The SMILES string of the molecule is Cc1cc(F)c(-c2noc([C@H]3C[C@@H]3F)n2)cc1NC(=O)c1cnn2ccc(N3CC4(COC4)C3)cc12. The highest BCUT2D eigenvalue weighted by Gasteiger charge is 2.49. The fourth-order valence-electron chi connectivity index (χ4n) is 4.94. The highest BCUT2D eigenvalue weighted by molar-refractivity contribution is 6.09. The Labute approximate surface area is 204 Å². The molecule has 184 valence electrons. The van der Waals surface area contributed by atoms with Crippen molar-refractivity contribution in [2.45, 2.75) is 25.4 Å². The maximum Gasteiger partial charge on any atom is 0.259 e. The first kappa shape index (κ1) is 21.4. The molecule has 2 saturated heterocycles. The molecule has 7 rings (SSSR count). The van der Waals surface area contributed by atoms with Crippen LogP contribution in [0.25, 0.3) is 16.9 Å². The topological polar surface area (TPSA) is 97.8 Å². The number of rotatable bonds is 5. The van der Waals surface area contributed by atoms with Crippen molar-refractivity contribution < 1.29 is 22.8 Å². The first-order valence-corrected chi connectivity index (χ1v) is 11.8. The molecule has 3 aliphatic rings. The number of ether oxygens (including phenoxy) is 1. The van der Waals surface area contributed by atoms with Gasteiger partial charge in [0.15, 0.2) is 0 Å². The van der Waals surface area contributed by atoms with Crippen LogP contribution < -0.4 is 10.2 Å². The van der Waals surface area contributed by atoms with Crippen molar-refractivity contribution in [1.29, 1.82) is 0 Å². The van der Waals surface area contributed by atoms with Crippen LogP contribution in [0.5, 0.6) is 0 Å². The standard InChI is InChI=1S/C25H22F2N6O3/c1-13-4-18(26)15(22-30-24(36-31-22)16-6-19(16)27)7-20(13)29-23(34)17-8-28-33-3-2-14(5-21(17)33)32-9-25(10-32)11-35-12-25/h2-5,7-8,16,19H,6,9-12H2,1H3,(H,29,34)/t16-,19-/m0/s1. The molecule has 0 radical (unpaired) electrons. The van der Waals surface area contributed by atoms with Gasteiger partial charge in [-0.3, -0.25) is 4.79 Å². The summed E-state index contributed by atoms with van der Waals surface area (Å²) in [7, 11) is 0. The van der Waals surface area contributed by atoms with Gasteiger partial charge in [-0.25, -0.2) is 13.3 Å². The lowest BCUT2D eigenvalue weighted by molar-refractivity contribution is -0.127. The summed E-state index contributed by atoms with van der Waals surface area (Å²) in [6.45, 7) is 5.16. The maximum atomic E-state index is 14.7. The summed E-state index contributed by atoms with van der Waals surface area (Å²) in [5.41, 5.74) is 3.37. The van der Waals surface area contributed by atoms with E-state index in [1.165, 1.54) is 18.3 Å². The lowest BCUT2D eigenvalue weighted by Gasteiger charge is -2.56. The van der Waals surface area contributed by atoms with E-state index in [0.29, 0.717) is 28.8 Å². The Hall–Kier alpha value is -3.86. The second kappa shape index (κ2) is 7.57. The third kappa shape index (κ3) is 3.37. The third-order valence-electron chi connectivity index (χ3n) is 7.26. The summed E-state index contributed by atoms with van der Waals surface area (Å²) in [6.07, 6.45) is 2.67. The van der Waals surface area contributed by atoms with Crippen molar-refractivity contribution >= 4 is 22.8 Å². The van der Waals surface area contributed by atoms with Crippen LogP contribution in [0, 0.1) is 18.2 Å². The van der Waals surface area contributed by atoms with Crippen molar-refractivity contribution in [1.82, 2.24) is 19.8 Å². The number of anilines is 2. The first-order valence-electron chi connectivity index (χ1n) is 11.8. The molecule has 4 aromatic rings. The molecule has 1 amide bonds. The van der Waals surface area contributed by atoms with Crippen LogP contribution in [0.2, 0.25) is 0 Å². The Bertz CT molecular complexity index is 1520. The summed E-state index contributed by atoms with van der Waals surface area (Å²) in [5.74, 6) is -1.19. The molecule has 36 heavy (non-hydrogen) atoms. The molecule has 0 unspecified atom stereocenters. The van der Waals surface area contributed by atoms with Crippen molar-refractivity contribution in [3.8, 4) is 11.4 Å². The van der Waals surface area contributed by atoms with Gasteiger partial charge < -0.3 is 19.5 Å². The Balaban J connectivity index is 1.15. The quantitative estimate of drug-likeness (QED) is 0.453. The minimum Gasteiger partial charge on any atom is -0.380 e. The van der Waals surface area contributed by atoms with E-state index < -0.39 is 17.9 Å². The van der Waals surface area contributed by atoms with Crippen molar-refractivity contribution in [3.63, 3.8) is 0 Å². The molecule has 1 spiro atoms. The van der Waals surface area contributed by atoms with Crippen LogP contribution in [0.15, 0.2) is 41.2 Å². The lowest BCUT2D eigenvalue weighted by atomic mass is 9.78. The van der Waals surface area contributed by atoms with E-state index in [4.69, 9.17) is 9.26 Å². The number of nitrogens with zero attached hydrogens (tertiary/aromatic N) is 5. The van der Waals surface area contributed by atoms with Gasteiger partial charge in [-0.15, -0.1) is 0 Å². The first-order chi connectivity index (χ1) is 17.4.